The molecule has 0 aromatic heterocycles. The molecule has 1 aliphatic heterocycles. The molecule has 1 aliphatic rings. The third kappa shape index (κ3) is 2.40. The van der Waals surface area contributed by atoms with Crippen LogP contribution in [-0.2, 0) is 6.67 Å². The van der Waals surface area contributed by atoms with E-state index in [4.69, 9.17) is 0 Å². The maximum absolute atomic E-state index is 12.7. The Labute approximate surface area is 95.1 Å². The van der Waals surface area contributed by atoms with Crippen molar-refractivity contribution < 1.29 is 9.18 Å². The molecular weight excluding hydrogens is 205 g/mol. The zero-order valence-corrected chi connectivity index (χ0v) is 9.29. The number of benzene rings is 1. The standard InChI is InChI=1S/C13H16FNO/c14-9-11-6-12(10-16)8-13(7-11)15-4-2-1-3-5-15/h6-8,10H,1-5,9H2. The molecule has 0 N–H and O–H groups in total. The van der Waals surface area contributed by atoms with Crippen molar-refractivity contribution in [2.75, 3.05) is 18.0 Å². The predicted molar refractivity (Wildman–Crippen MR) is 62.7 cm³/mol. The fourth-order valence-electron chi connectivity index (χ4n) is 2.18. The molecule has 1 aromatic rings. The summed E-state index contributed by atoms with van der Waals surface area (Å²) in [6, 6.07) is 5.30. The second-order valence-corrected chi connectivity index (χ2v) is 4.23. The molecule has 0 aliphatic carbocycles. The third-order valence-electron chi connectivity index (χ3n) is 3.01. The molecule has 0 unspecified atom stereocenters. The minimum atomic E-state index is -0.511. The summed E-state index contributed by atoms with van der Waals surface area (Å²) >= 11 is 0. The van der Waals surface area contributed by atoms with Crippen LogP contribution in [0.15, 0.2) is 18.2 Å². The lowest BCUT2D eigenvalue weighted by molar-refractivity contribution is 0.112. The van der Waals surface area contributed by atoms with Gasteiger partial charge in [0.25, 0.3) is 0 Å². The predicted octanol–water partition coefficient (Wildman–Crippen LogP) is 2.96. The topological polar surface area (TPSA) is 20.3 Å². The SMILES string of the molecule is O=Cc1cc(CF)cc(N2CCCCC2)c1. The van der Waals surface area contributed by atoms with E-state index in [2.05, 4.69) is 4.90 Å². The van der Waals surface area contributed by atoms with Gasteiger partial charge in [0.05, 0.1) is 0 Å². The fourth-order valence-corrected chi connectivity index (χ4v) is 2.18. The van der Waals surface area contributed by atoms with Crippen LogP contribution in [0.2, 0.25) is 0 Å². The van der Waals surface area contributed by atoms with E-state index < -0.39 is 6.67 Å². The average Bonchev–Trinajstić information content (AvgIpc) is 2.39. The van der Waals surface area contributed by atoms with Crippen LogP contribution in [0, 0.1) is 0 Å². The zero-order valence-electron chi connectivity index (χ0n) is 9.29. The van der Waals surface area contributed by atoms with Crippen molar-refractivity contribution >= 4 is 12.0 Å². The number of rotatable bonds is 3. The summed E-state index contributed by atoms with van der Waals surface area (Å²) in [5.74, 6) is 0. The van der Waals surface area contributed by atoms with Crippen LogP contribution in [0.5, 0.6) is 0 Å². The van der Waals surface area contributed by atoms with Gasteiger partial charge in [-0.1, -0.05) is 0 Å². The molecule has 0 amide bonds. The molecule has 0 radical (unpaired) electrons. The maximum Gasteiger partial charge on any atom is 0.150 e. The van der Waals surface area contributed by atoms with Gasteiger partial charge in [-0.05, 0) is 43.0 Å². The first kappa shape index (κ1) is 11.1. The first-order valence-electron chi connectivity index (χ1n) is 5.73. The second kappa shape index (κ2) is 5.10. The number of halogens is 1. The Bertz CT molecular complexity index is 372. The van der Waals surface area contributed by atoms with Crippen molar-refractivity contribution in [2.24, 2.45) is 0 Å². The van der Waals surface area contributed by atoms with E-state index >= 15 is 0 Å². The summed E-state index contributed by atoms with van der Waals surface area (Å²) in [6.45, 7) is 1.50. The van der Waals surface area contributed by atoms with Crippen molar-refractivity contribution in [3.05, 3.63) is 29.3 Å². The van der Waals surface area contributed by atoms with Gasteiger partial charge in [-0.2, -0.15) is 0 Å². The smallest absolute Gasteiger partial charge is 0.150 e. The fraction of sp³-hybridized carbons (Fsp3) is 0.462. The lowest BCUT2D eigenvalue weighted by Crippen LogP contribution is -2.29. The zero-order chi connectivity index (χ0) is 11.4. The van der Waals surface area contributed by atoms with Gasteiger partial charge in [0.15, 0.2) is 0 Å². The summed E-state index contributed by atoms with van der Waals surface area (Å²) < 4.78 is 12.7. The van der Waals surface area contributed by atoms with Crippen LogP contribution in [0.1, 0.15) is 35.2 Å². The van der Waals surface area contributed by atoms with E-state index in [-0.39, 0.29) is 0 Å². The first-order valence-corrected chi connectivity index (χ1v) is 5.73. The number of carbonyl (C=O) groups is 1. The molecule has 2 nitrogen and oxygen atoms in total. The van der Waals surface area contributed by atoms with Crippen molar-refractivity contribution in [3.63, 3.8) is 0 Å². The molecule has 0 bridgehead atoms. The summed E-state index contributed by atoms with van der Waals surface area (Å²) in [5, 5.41) is 0. The highest BCUT2D eigenvalue weighted by Gasteiger charge is 2.12. The number of piperidine rings is 1. The van der Waals surface area contributed by atoms with Crippen LogP contribution < -0.4 is 4.90 Å². The quantitative estimate of drug-likeness (QED) is 0.731. The molecule has 1 fully saturated rings. The third-order valence-corrected chi connectivity index (χ3v) is 3.01. The number of carbonyl (C=O) groups excluding carboxylic acids is 1. The van der Waals surface area contributed by atoms with Gasteiger partial charge in [-0.15, -0.1) is 0 Å². The van der Waals surface area contributed by atoms with Gasteiger partial charge in [-0.3, -0.25) is 4.79 Å². The molecule has 1 aromatic carbocycles. The highest BCUT2D eigenvalue weighted by atomic mass is 19.1. The van der Waals surface area contributed by atoms with Gasteiger partial charge < -0.3 is 4.90 Å². The number of nitrogens with zero attached hydrogens (tertiary/aromatic N) is 1. The van der Waals surface area contributed by atoms with Crippen LogP contribution >= 0.6 is 0 Å². The molecule has 0 spiro atoms. The summed E-state index contributed by atoms with van der Waals surface area (Å²) in [7, 11) is 0. The van der Waals surface area contributed by atoms with Gasteiger partial charge >= 0.3 is 0 Å². The number of anilines is 1. The molecule has 1 saturated heterocycles. The van der Waals surface area contributed by atoms with Crippen LogP contribution in [-0.4, -0.2) is 19.4 Å². The maximum atomic E-state index is 12.7. The van der Waals surface area contributed by atoms with Crippen LogP contribution in [0.3, 0.4) is 0 Å². The Hall–Kier alpha value is -1.38. The summed E-state index contributed by atoms with van der Waals surface area (Å²) in [4.78, 5) is 13.0. The minimum absolute atomic E-state index is 0.511. The number of hydrogen-bond donors (Lipinski definition) is 0. The summed E-state index contributed by atoms with van der Waals surface area (Å²) in [5.41, 5.74) is 2.14. The minimum Gasteiger partial charge on any atom is -0.372 e. The Morgan fingerprint density at radius 3 is 2.56 bits per heavy atom. The van der Waals surface area contributed by atoms with E-state index in [1.54, 1.807) is 6.07 Å². The Kier molecular flexibility index (Phi) is 3.54. The van der Waals surface area contributed by atoms with Gasteiger partial charge in [0.1, 0.15) is 13.0 Å². The van der Waals surface area contributed by atoms with Gasteiger partial charge in [0, 0.05) is 24.3 Å². The normalized spacial score (nSPS) is 16.2. The van der Waals surface area contributed by atoms with Crippen molar-refractivity contribution in [3.8, 4) is 0 Å². The van der Waals surface area contributed by atoms with Gasteiger partial charge in [-0.25, -0.2) is 4.39 Å². The van der Waals surface area contributed by atoms with E-state index in [1.165, 1.54) is 19.3 Å². The lowest BCUT2D eigenvalue weighted by atomic mass is 10.1. The lowest BCUT2D eigenvalue weighted by Gasteiger charge is -2.29. The van der Waals surface area contributed by atoms with Crippen LogP contribution in [0.4, 0.5) is 10.1 Å². The largest absolute Gasteiger partial charge is 0.372 e. The Morgan fingerprint density at radius 1 is 1.19 bits per heavy atom. The molecule has 2 rings (SSSR count). The highest BCUT2D eigenvalue weighted by Crippen LogP contribution is 2.22. The van der Waals surface area contributed by atoms with Gasteiger partial charge in [0.2, 0.25) is 0 Å². The first-order chi connectivity index (χ1) is 7.83. The molecule has 16 heavy (non-hydrogen) atoms. The van der Waals surface area contributed by atoms with E-state index in [0.29, 0.717) is 11.1 Å². The molecule has 0 atom stereocenters. The van der Waals surface area contributed by atoms with E-state index in [9.17, 15) is 9.18 Å². The average molecular weight is 221 g/mol. The second-order valence-electron chi connectivity index (χ2n) is 4.23. The van der Waals surface area contributed by atoms with E-state index in [1.807, 2.05) is 12.1 Å². The van der Waals surface area contributed by atoms with Crippen molar-refractivity contribution in [2.45, 2.75) is 25.9 Å². The van der Waals surface area contributed by atoms with Crippen LogP contribution in [0.25, 0.3) is 0 Å². The molecule has 3 heteroatoms. The van der Waals surface area contributed by atoms with E-state index in [0.717, 1.165) is 25.1 Å². The monoisotopic (exact) mass is 221 g/mol. The number of alkyl halides is 1. The highest BCUT2D eigenvalue weighted by molar-refractivity contribution is 5.77. The Balaban J connectivity index is 2.27. The van der Waals surface area contributed by atoms with Crippen molar-refractivity contribution in [1.82, 2.24) is 0 Å². The number of aldehydes is 1. The Morgan fingerprint density at radius 2 is 1.94 bits per heavy atom. The molecule has 0 saturated carbocycles. The molecule has 1 heterocycles. The molecular formula is C13H16FNO. The number of hydrogen-bond acceptors (Lipinski definition) is 2. The molecule has 86 valence electrons. The van der Waals surface area contributed by atoms with Crippen molar-refractivity contribution in [1.29, 1.82) is 0 Å². The summed E-state index contributed by atoms with van der Waals surface area (Å²) in [6.07, 6.45) is 4.40.